The summed E-state index contributed by atoms with van der Waals surface area (Å²) in [6.45, 7) is 5.51. The summed E-state index contributed by atoms with van der Waals surface area (Å²) in [7, 11) is 0. The number of hydrogen-bond donors (Lipinski definition) is 3. The largest absolute Gasteiger partial charge is 0.508 e. The van der Waals surface area contributed by atoms with Crippen LogP contribution in [0.2, 0.25) is 0 Å². The lowest BCUT2D eigenvalue weighted by molar-refractivity contribution is 0.276. The molecule has 1 rings (SSSR count). The van der Waals surface area contributed by atoms with Crippen LogP contribution in [0.3, 0.4) is 0 Å². The molecule has 0 saturated carbocycles. The predicted molar refractivity (Wildman–Crippen MR) is 66.2 cm³/mol. The van der Waals surface area contributed by atoms with Crippen molar-refractivity contribution in [1.29, 1.82) is 0 Å². The summed E-state index contributed by atoms with van der Waals surface area (Å²) in [6.07, 6.45) is 0. The molecule has 0 radical (unpaired) electrons. The topological polar surface area (TPSA) is 75.5 Å². The third-order valence-electron chi connectivity index (χ3n) is 2.52. The molecule has 0 saturated heterocycles. The molecule has 0 aliphatic carbocycles. The van der Waals surface area contributed by atoms with Gasteiger partial charge in [-0.3, -0.25) is 4.90 Å². The lowest BCUT2D eigenvalue weighted by atomic mass is 10.1. The molecule has 0 spiro atoms. The summed E-state index contributed by atoms with van der Waals surface area (Å²) in [5.74, 6) is 0.338. The van der Waals surface area contributed by atoms with E-state index >= 15 is 0 Å². The Balaban J connectivity index is 2.71. The molecule has 0 atom stereocenters. The van der Waals surface area contributed by atoms with E-state index in [-0.39, 0.29) is 0 Å². The zero-order valence-corrected chi connectivity index (χ0v) is 9.82. The maximum Gasteiger partial charge on any atom is 0.120 e. The Morgan fingerprint density at radius 1 is 1.19 bits per heavy atom. The minimum absolute atomic E-state index is 0.338. The monoisotopic (exact) mass is 223 g/mol. The fourth-order valence-corrected chi connectivity index (χ4v) is 1.72. The zero-order valence-electron chi connectivity index (χ0n) is 9.82. The van der Waals surface area contributed by atoms with E-state index < -0.39 is 0 Å². The van der Waals surface area contributed by atoms with E-state index in [1.54, 1.807) is 6.07 Å². The van der Waals surface area contributed by atoms with Crippen molar-refractivity contribution in [2.24, 2.45) is 11.5 Å². The first-order chi connectivity index (χ1) is 7.67. The fourth-order valence-electron chi connectivity index (χ4n) is 1.72. The highest BCUT2D eigenvalue weighted by Crippen LogP contribution is 2.19. The second-order valence-corrected chi connectivity index (χ2v) is 3.99. The quantitative estimate of drug-likeness (QED) is 0.653. The van der Waals surface area contributed by atoms with Gasteiger partial charge in [0.25, 0.3) is 0 Å². The Bertz CT molecular complexity index is 322. The maximum atomic E-state index is 9.73. The van der Waals surface area contributed by atoms with Crippen LogP contribution in [0.25, 0.3) is 0 Å². The van der Waals surface area contributed by atoms with Crippen LogP contribution in [0.5, 0.6) is 5.75 Å². The number of rotatable bonds is 6. The highest BCUT2D eigenvalue weighted by Gasteiger charge is 2.07. The third kappa shape index (κ3) is 3.81. The van der Waals surface area contributed by atoms with Gasteiger partial charge >= 0.3 is 0 Å². The lowest BCUT2D eigenvalue weighted by Crippen LogP contribution is -2.33. The van der Waals surface area contributed by atoms with Crippen molar-refractivity contribution in [2.45, 2.75) is 13.5 Å². The number of phenolic OH excluding ortho intramolecular Hbond substituents is 1. The van der Waals surface area contributed by atoms with E-state index in [4.69, 9.17) is 11.5 Å². The normalized spacial score (nSPS) is 11.0. The third-order valence-corrected chi connectivity index (χ3v) is 2.52. The summed E-state index contributed by atoms with van der Waals surface area (Å²) in [4.78, 5) is 2.15. The Morgan fingerprint density at radius 3 is 2.38 bits per heavy atom. The molecule has 4 heteroatoms. The molecule has 0 bridgehead atoms. The van der Waals surface area contributed by atoms with Gasteiger partial charge in [-0.25, -0.2) is 0 Å². The Labute approximate surface area is 96.9 Å². The lowest BCUT2D eigenvalue weighted by Gasteiger charge is -2.21. The molecule has 1 aromatic rings. The summed E-state index contributed by atoms with van der Waals surface area (Å²) in [5, 5.41) is 9.73. The first-order valence-corrected chi connectivity index (χ1v) is 5.58. The van der Waals surface area contributed by atoms with Gasteiger partial charge in [0.2, 0.25) is 0 Å². The van der Waals surface area contributed by atoms with Crippen LogP contribution < -0.4 is 11.5 Å². The second-order valence-electron chi connectivity index (χ2n) is 3.99. The molecule has 4 nitrogen and oxygen atoms in total. The number of aryl methyl sites for hydroxylation is 1. The smallest absolute Gasteiger partial charge is 0.120 e. The van der Waals surface area contributed by atoms with Gasteiger partial charge in [-0.1, -0.05) is 17.7 Å². The van der Waals surface area contributed by atoms with Crippen LogP contribution in [0.15, 0.2) is 18.2 Å². The Morgan fingerprint density at radius 2 is 1.81 bits per heavy atom. The van der Waals surface area contributed by atoms with E-state index in [2.05, 4.69) is 4.90 Å². The van der Waals surface area contributed by atoms with Gasteiger partial charge in [0.05, 0.1) is 0 Å². The van der Waals surface area contributed by atoms with Crippen LogP contribution >= 0.6 is 0 Å². The molecular formula is C12H21N3O. The molecule has 16 heavy (non-hydrogen) atoms. The SMILES string of the molecule is Cc1ccc(O)c(CN(CCN)CCN)c1. The highest BCUT2D eigenvalue weighted by molar-refractivity contribution is 5.35. The standard InChI is InChI=1S/C12H21N3O/c1-10-2-3-12(16)11(8-10)9-15(6-4-13)7-5-14/h2-3,8,16H,4-7,9,13-14H2,1H3. The number of phenols is 1. The summed E-state index contributed by atoms with van der Waals surface area (Å²) < 4.78 is 0. The fraction of sp³-hybridized carbons (Fsp3) is 0.500. The number of nitrogens with zero attached hydrogens (tertiary/aromatic N) is 1. The molecule has 0 heterocycles. The van der Waals surface area contributed by atoms with Crippen molar-refractivity contribution >= 4 is 0 Å². The van der Waals surface area contributed by atoms with E-state index in [1.165, 1.54) is 0 Å². The Hall–Kier alpha value is -1.10. The maximum absolute atomic E-state index is 9.73. The van der Waals surface area contributed by atoms with Crippen LogP contribution in [-0.4, -0.2) is 36.2 Å². The average molecular weight is 223 g/mol. The van der Waals surface area contributed by atoms with Crippen molar-refractivity contribution in [1.82, 2.24) is 4.90 Å². The van der Waals surface area contributed by atoms with E-state index in [1.807, 2.05) is 19.1 Å². The van der Waals surface area contributed by atoms with Gasteiger partial charge in [-0.15, -0.1) is 0 Å². The molecular weight excluding hydrogens is 202 g/mol. The summed E-state index contributed by atoms with van der Waals surface area (Å²) in [6, 6.07) is 5.62. The predicted octanol–water partition coefficient (Wildman–Crippen LogP) is 0.420. The van der Waals surface area contributed by atoms with Crippen LogP contribution in [0.4, 0.5) is 0 Å². The van der Waals surface area contributed by atoms with Crippen LogP contribution in [0.1, 0.15) is 11.1 Å². The first-order valence-electron chi connectivity index (χ1n) is 5.58. The van der Waals surface area contributed by atoms with Crippen molar-refractivity contribution in [3.8, 4) is 5.75 Å². The van der Waals surface area contributed by atoms with E-state index in [0.29, 0.717) is 25.4 Å². The molecule has 5 N–H and O–H groups in total. The number of aromatic hydroxyl groups is 1. The van der Waals surface area contributed by atoms with Gasteiger partial charge in [-0.2, -0.15) is 0 Å². The second kappa shape index (κ2) is 6.48. The van der Waals surface area contributed by atoms with Crippen molar-refractivity contribution in [3.63, 3.8) is 0 Å². The van der Waals surface area contributed by atoms with Crippen molar-refractivity contribution in [2.75, 3.05) is 26.2 Å². The minimum atomic E-state index is 0.338. The number of hydrogen-bond acceptors (Lipinski definition) is 4. The summed E-state index contributed by atoms with van der Waals surface area (Å²) >= 11 is 0. The van der Waals surface area contributed by atoms with Gasteiger partial charge in [0, 0.05) is 38.3 Å². The molecule has 90 valence electrons. The van der Waals surface area contributed by atoms with Gasteiger partial charge in [0.15, 0.2) is 0 Å². The molecule has 0 aromatic heterocycles. The van der Waals surface area contributed by atoms with Crippen molar-refractivity contribution < 1.29 is 5.11 Å². The molecule has 0 fully saturated rings. The summed E-state index contributed by atoms with van der Waals surface area (Å²) in [5.41, 5.74) is 13.2. The highest BCUT2D eigenvalue weighted by atomic mass is 16.3. The number of nitrogens with two attached hydrogens (primary N) is 2. The van der Waals surface area contributed by atoms with Gasteiger partial charge < -0.3 is 16.6 Å². The molecule has 0 aliphatic rings. The van der Waals surface area contributed by atoms with Crippen LogP contribution in [0, 0.1) is 6.92 Å². The molecule has 0 unspecified atom stereocenters. The Kier molecular flexibility index (Phi) is 5.25. The van der Waals surface area contributed by atoms with E-state index in [9.17, 15) is 5.11 Å². The first kappa shape index (κ1) is 13.0. The molecule has 0 aliphatic heterocycles. The van der Waals surface area contributed by atoms with E-state index in [0.717, 1.165) is 24.2 Å². The average Bonchev–Trinajstić information content (AvgIpc) is 2.24. The molecule has 0 amide bonds. The zero-order chi connectivity index (χ0) is 12.0. The van der Waals surface area contributed by atoms with Crippen LogP contribution in [-0.2, 0) is 6.54 Å². The van der Waals surface area contributed by atoms with Gasteiger partial charge in [-0.05, 0) is 13.0 Å². The van der Waals surface area contributed by atoms with Crippen molar-refractivity contribution in [3.05, 3.63) is 29.3 Å². The number of benzene rings is 1. The molecule has 1 aromatic carbocycles. The van der Waals surface area contributed by atoms with Gasteiger partial charge in [0.1, 0.15) is 5.75 Å². The minimum Gasteiger partial charge on any atom is -0.508 e.